The maximum absolute atomic E-state index is 12.5. The molecule has 2 aromatic heterocycles. The molecule has 2 heterocycles. The second kappa shape index (κ2) is 7.19. The zero-order valence-electron chi connectivity index (χ0n) is 16.1. The van der Waals surface area contributed by atoms with Crippen LogP contribution in [0.1, 0.15) is 21.6 Å². The number of imidazole rings is 1. The van der Waals surface area contributed by atoms with Crippen molar-refractivity contribution >= 4 is 17.2 Å². The molecule has 0 spiro atoms. The second-order valence-corrected chi connectivity index (χ2v) is 6.77. The molecule has 0 saturated carbocycles. The molecule has 1 N–H and O–H groups in total. The van der Waals surface area contributed by atoms with Crippen molar-refractivity contribution in [2.24, 2.45) is 0 Å². The fraction of sp³-hybridized carbons (Fsp3) is 0.130. The van der Waals surface area contributed by atoms with Gasteiger partial charge in [0, 0.05) is 18.1 Å². The van der Waals surface area contributed by atoms with E-state index >= 15 is 0 Å². The predicted molar refractivity (Wildman–Crippen MR) is 111 cm³/mol. The fourth-order valence-corrected chi connectivity index (χ4v) is 3.43. The molecule has 0 bridgehead atoms. The quantitative estimate of drug-likeness (QED) is 0.556. The Morgan fingerprint density at radius 3 is 2.36 bits per heavy atom. The third-order valence-electron chi connectivity index (χ3n) is 4.71. The first-order valence-electron chi connectivity index (χ1n) is 9.06. The average molecular weight is 371 g/mol. The molecule has 0 radical (unpaired) electrons. The summed E-state index contributed by atoms with van der Waals surface area (Å²) >= 11 is 0. The first kappa shape index (κ1) is 17.8. The Kier molecular flexibility index (Phi) is 4.57. The molecular formula is C23H21N3O2. The molecule has 0 aliphatic rings. The Labute approximate surface area is 163 Å². The highest BCUT2D eigenvalue weighted by molar-refractivity contribution is 6.03. The first-order valence-corrected chi connectivity index (χ1v) is 9.06. The summed E-state index contributed by atoms with van der Waals surface area (Å²) in [6, 6.07) is 17.5. The van der Waals surface area contributed by atoms with Crippen molar-refractivity contribution in [1.29, 1.82) is 0 Å². The Bertz CT molecular complexity index is 1140. The number of carbonyl (C=O) groups excluding carboxylic acids is 1. The van der Waals surface area contributed by atoms with Crippen LogP contribution in [0.25, 0.3) is 16.8 Å². The second-order valence-electron chi connectivity index (χ2n) is 6.77. The van der Waals surface area contributed by atoms with E-state index in [9.17, 15) is 4.79 Å². The Hall–Kier alpha value is -3.60. The molecule has 4 rings (SSSR count). The van der Waals surface area contributed by atoms with Crippen molar-refractivity contribution in [2.45, 2.75) is 13.8 Å². The molecule has 140 valence electrons. The van der Waals surface area contributed by atoms with Crippen LogP contribution in [0.2, 0.25) is 0 Å². The minimum absolute atomic E-state index is 0.229. The van der Waals surface area contributed by atoms with Gasteiger partial charge in [-0.2, -0.15) is 0 Å². The van der Waals surface area contributed by atoms with Crippen LogP contribution in [-0.2, 0) is 0 Å². The van der Waals surface area contributed by atoms with E-state index in [0.717, 1.165) is 39.3 Å². The summed E-state index contributed by atoms with van der Waals surface area (Å²) < 4.78 is 7.33. The lowest BCUT2D eigenvalue weighted by molar-refractivity contribution is 0.102. The van der Waals surface area contributed by atoms with Gasteiger partial charge in [0.25, 0.3) is 5.91 Å². The molecular weight excluding hydrogens is 350 g/mol. The van der Waals surface area contributed by atoms with Gasteiger partial charge < -0.3 is 14.5 Å². The van der Waals surface area contributed by atoms with Crippen molar-refractivity contribution in [3.05, 3.63) is 83.8 Å². The number of methoxy groups -OCH3 is 1. The van der Waals surface area contributed by atoms with Crippen molar-refractivity contribution in [3.63, 3.8) is 0 Å². The van der Waals surface area contributed by atoms with E-state index < -0.39 is 0 Å². The largest absolute Gasteiger partial charge is 0.496 e. The molecule has 5 heteroatoms. The topological polar surface area (TPSA) is 55.6 Å². The smallest absolute Gasteiger partial charge is 0.275 e. The SMILES string of the molecule is COc1c(C)cc(-c2ccc3nc(C(=O)Nc4ccccc4)cn3c2)cc1C. The third-order valence-corrected chi connectivity index (χ3v) is 4.71. The number of hydrogen-bond acceptors (Lipinski definition) is 3. The third kappa shape index (κ3) is 3.34. The van der Waals surface area contributed by atoms with Crippen molar-refractivity contribution in [2.75, 3.05) is 12.4 Å². The first-order chi connectivity index (χ1) is 13.5. The van der Waals surface area contributed by atoms with Crippen LogP contribution < -0.4 is 10.1 Å². The van der Waals surface area contributed by atoms with E-state index in [2.05, 4.69) is 22.4 Å². The lowest BCUT2D eigenvalue weighted by atomic mass is 10.0. The lowest BCUT2D eigenvalue weighted by Crippen LogP contribution is -2.11. The number of fused-ring (bicyclic) bond motifs is 1. The Morgan fingerprint density at radius 1 is 0.964 bits per heavy atom. The monoisotopic (exact) mass is 371 g/mol. The highest BCUT2D eigenvalue weighted by Gasteiger charge is 2.12. The van der Waals surface area contributed by atoms with Gasteiger partial charge in [0.15, 0.2) is 0 Å². The van der Waals surface area contributed by atoms with Crippen LogP contribution in [0.3, 0.4) is 0 Å². The fourth-order valence-electron chi connectivity index (χ4n) is 3.43. The minimum atomic E-state index is -0.229. The van der Waals surface area contributed by atoms with E-state index in [1.807, 2.05) is 66.9 Å². The molecule has 1 amide bonds. The van der Waals surface area contributed by atoms with Gasteiger partial charge in [-0.25, -0.2) is 4.98 Å². The van der Waals surface area contributed by atoms with E-state index in [4.69, 9.17) is 4.74 Å². The van der Waals surface area contributed by atoms with Gasteiger partial charge in [0.1, 0.15) is 17.1 Å². The van der Waals surface area contributed by atoms with Gasteiger partial charge in [-0.05, 0) is 72.5 Å². The average Bonchev–Trinajstić information content (AvgIpc) is 3.12. The number of rotatable bonds is 4. The Morgan fingerprint density at radius 2 is 1.68 bits per heavy atom. The molecule has 0 unspecified atom stereocenters. The van der Waals surface area contributed by atoms with Crippen molar-refractivity contribution < 1.29 is 9.53 Å². The number of amides is 1. The number of pyridine rings is 1. The number of aromatic nitrogens is 2. The van der Waals surface area contributed by atoms with Crippen LogP contribution in [0.4, 0.5) is 5.69 Å². The molecule has 2 aromatic carbocycles. The van der Waals surface area contributed by atoms with Crippen LogP contribution in [0.5, 0.6) is 5.75 Å². The highest BCUT2D eigenvalue weighted by atomic mass is 16.5. The number of benzene rings is 2. The van der Waals surface area contributed by atoms with Crippen LogP contribution in [-0.4, -0.2) is 22.4 Å². The van der Waals surface area contributed by atoms with Crippen LogP contribution in [0.15, 0.2) is 67.0 Å². The zero-order valence-corrected chi connectivity index (χ0v) is 16.1. The number of anilines is 1. The van der Waals surface area contributed by atoms with E-state index in [0.29, 0.717) is 5.69 Å². The number of aryl methyl sites for hydroxylation is 2. The summed E-state index contributed by atoms with van der Waals surface area (Å²) in [6.45, 7) is 4.08. The number of ether oxygens (including phenoxy) is 1. The number of nitrogens with one attached hydrogen (secondary N) is 1. The number of carbonyl (C=O) groups is 1. The van der Waals surface area contributed by atoms with E-state index in [1.165, 1.54) is 0 Å². The molecule has 28 heavy (non-hydrogen) atoms. The van der Waals surface area contributed by atoms with Gasteiger partial charge in [-0.3, -0.25) is 4.79 Å². The summed E-state index contributed by atoms with van der Waals surface area (Å²) in [5.41, 5.74) is 6.18. The number of nitrogens with zero attached hydrogens (tertiary/aromatic N) is 2. The normalized spacial score (nSPS) is 10.8. The highest BCUT2D eigenvalue weighted by Crippen LogP contribution is 2.30. The standard InChI is InChI=1S/C23H21N3O2/c1-15-11-18(12-16(2)22(15)28-3)17-9-10-21-25-20(14-26(21)13-17)23(27)24-19-7-5-4-6-8-19/h4-14H,1-3H3,(H,24,27). The zero-order chi connectivity index (χ0) is 19.7. The van der Waals surface area contributed by atoms with Crippen molar-refractivity contribution in [1.82, 2.24) is 9.38 Å². The molecule has 5 nitrogen and oxygen atoms in total. The summed E-state index contributed by atoms with van der Waals surface area (Å²) in [7, 11) is 1.69. The molecule has 4 aromatic rings. The molecule has 0 atom stereocenters. The van der Waals surface area contributed by atoms with Gasteiger partial charge in [-0.15, -0.1) is 0 Å². The van der Waals surface area contributed by atoms with E-state index in [1.54, 1.807) is 13.3 Å². The number of hydrogen-bond donors (Lipinski definition) is 1. The molecule has 0 aliphatic heterocycles. The summed E-state index contributed by atoms with van der Waals surface area (Å²) in [6.07, 6.45) is 3.74. The van der Waals surface area contributed by atoms with Gasteiger partial charge in [0.2, 0.25) is 0 Å². The molecule has 0 fully saturated rings. The van der Waals surface area contributed by atoms with Gasteiger partial charge in [0.05, 0.1) is 7.11 Å². The van der Waals surface area contributed by atoms with E-state index in [-0.39, 0.29) is 5.91 Å². The maximum atomic E-state index is 12.5. The Balaban J connectivity index is 1.66. The lowest BCUT2D eigenvalue weighted by Gasteiger charge is -2.11. The summed E-state index contributed by atoms with van der Waals surface area (Å²) in [5.74, 6) is 0.680. The summed E-state index contributed by atoms with van der Waals surface area (Å²) in [5, 5.41) is 2.86. The molecule has 0 aliphatic carbocycles. The van der Waals surface area contributed by atoms with Gasteiger partial charge in [-0.1, -0.05) is 18.2 Å². The van der Waals surface area contributed by atoms with Crippen LogP contribution in [0, 0.1) is 13.8 Å². The number of para-hydroxylation sites is 1. The maximum Gasteiger partial charge on any atom is 0.275 e. The molecule has 0 saturated heterocycles. The minimum Gasteiger partial charge on any atom is -0.496 e. The van der Waals surface area contributed by atoms with Crippen molar-refractivity contribution in [3.8, 4) is 16.9 Å². The van der Waals surface area contributed by atoms with Crippen LogP contribution >= 0.6 is 0 Å². The predicted octanol–water partition coefficient (Wildman–Crippen LogP) is 4.88. The summed E-state index contributed by atoms with van der Waals surface area (Å²) in [4.78, 5) is 16.9. The van der Waals surface area contributed by atoms with Gasteiger partial charge >= 0.3 is 0 Å².